The fourth-order valence-electron chi connectivity index (χ4n) is 2.83. The Kier molecular flexibility index (Phi) is 4.93. The molecule has 2 N–H and O–H groups in total. The molecule has 6 nitrogen and oxygen atoms in total. The van der Waals surface area contributed by atoms with E-state index >= 15 is 0 Å². The standard InChI is InChI=1S/C20H20N6S/c1-13-14(2)27-20-17(13)19(24-12-11-23-16-8-4-6-10-22-16)25-18(26-20)15-7-3-5-9-21-15/h3-10H,11-12H2,1-2H3,(H,22,23)(H,24,25,26). The van der Waals surface area contributed by atoms with Crippen molar-refractivity contribution < 1.29 is 0 Å². The molecule has 4 aromatic rings. The van der Waals surface area contributed by atoms with Gasteiger partial charge in [-0.1, -0.05) is 12.1 Å². The quantitative estimate of drug-likeness (QED) is 0.489. The summed E-state index contributed by atoms with van der Waals surface area (Å²) in [6.07, 6.45) is 3.54. The maximum absolute atomic E-state index is 4.77. The van der Waals surface area contributed by atoms with Gasteiger partial charge in [0.05, 0.1) is 5.39 Å². The van der Waals surface area contributed by atoms with Crippen LogP contribution in [0, 0.1) is 13.8 Å². The van der Waals surface area contributed by atoms with E-state index in [2.05, 4.69) is 34.4 Å². The molecule has 0 aliphatic carbocycles. The van der Waals surface area contributed by atoms with Gasteiger partial charge >= 0.3 is 0 Å². The van der Waals surface area contributed by atoms with E-state index in [9.17, 15) is 0 Å². The Morgan fingerprint density at radius 2 is 1.67 bits per heavy atom. The number of pyridine rings is 2. The summed E-state index contributed by atoms with van der Waals surface area (Å²) in [6.45, 7) is 5.70. The number of hydrogen-bond donors (Lipinski definition) is 2. The number of aromatic nitrogens is 4. The van der Waals surface area contributed by atoms with E-state index in [4.69, 9.17) is 9.97 Å². The molecule has 0 saturated carbocycles. The lowest BCUT2D eigenvalue weighted by atomic mass is 10.2. The van der Waals surface area contributed by atoms with Crippen molar-refractivity contribution in [2.24, 2.45) is 0 Å². The monoisotopic (exact) mass is 376 g/mol. The fourth-order valence-corrected chi connectivity index (χ4v) is 3.86. The molecule has 0 aromatic carbocycles. The van der Waals surface area contributed by atoms with Crippen LogP contribution in [0.4, 0.5) is 11.6 Å². The van der Waals surface area contributed by atoms with Crippen molar-refractivity contribution >= 4 is 33.2 Å². The number of hydrogen-bond acceptors (Lipinski definition) is 7. The molecule has 0 saturated heterocycles. The van der Waals surface area contributed by atoms with E-state index < -0.39 is 0 Å². The van der Waals surface area contributed by atoms with E-state index in [0.29, 0.717) is 5.82 Å². The van der Waals surface area contributed by atoms with Gasteiger partial charge in [0.2, 0.25) is 0 Å². The van der Waals surface area contributed by atoms with Gasteiger partial charge in [-0.05, 0) is 43.7 Å². The highest BCUT2D eigenvalue weighted by atomic mass is 32.1. The lowest BCUT2D eigenvalue weighted by Crippen LogP contribution is -2.15. The molecule has 0 amide bonds. The molecule has 7 heteroatoms. The Morgan fingerprint density at radius 3 is 2.41 bits per heavy atom. The number of nitrogens with zero attached hydrogens (tertiary/aromatic N) is 4. The number of fused-ring (bicyclic) bond motifs is 1. The second kappa shape index (κ2) is 7.67. The summed E-state index contributed by atoms with van der Waals surface area (Å²) in [6, 6.07) is 11.6. The second-order valence-electron chi connectivity index (χ2n) is 6.14. The molecular weight excluding hydrogens is 356 g/mol. The van der Waals surface area contributed by atoms with Crippen LogP contribution in [0.2, 0.25) is 0 Å². The number of rotatable bonds is 6. The molecule has 4 rings (SSSR count). The van der Waals surface area contributed by atoms with Crippen LogP contribution in [0.1, 0.15) is 10.4 Å². The normalized spacial score (nSPS) is 10.9. The Labute approximate surface area is 161 Å². The number of nitrogens with one attached hydrogen (secondary N) is 2. The topological polar surface area (TPSA) is 75.6 Å². The molecular formula is C20H20N6S. The molecule has 0 atom stereocenters. The largest absolute Gasteiger partial charge is 0.368 e. The molecule has 0 aliphatic heterocycles. The molecule has 0 radical (unpaired) electrons. The third kappa shape index (κ3) is 3.73. The van der Waals surface area contributed by atoms with E-state index in [-0.39, 0.29) is 0 Å². The molecule has 0 bridgehead atoms. The molecule has 0 fully saturated rings. The first-order valence-corrected chi connectivity index (χ1v) is 9.62. The van der Waals surface area contributed by atoms with E-state index in [0.717, 1.165) is 40.6 Å². The van der Waals surface area contributed by atoms with Gasteiger partial charge in [-0.3, -0.25) is 4.98 Å². The van der Waals surface area contributed by atoms with Crippen LogP contribution in [0.5, 0.6) is 0 Å². The van der Waals surface area contributed by atoms with Gasteiger partial charge in [0, 0.05) is 30.4 Å². The van der Waals surface area contributed by atoms with Crippen molar-refractivity contribution in [2.45, 2.75) is 13.8 Å². The molecule has 136 valence electrons. The molecule has 0 unspecified atom stereocenters. The summed E-state index contributed by atoms with van der Waals surface area (Å²) >= 11 is 1.69. The van der Waals surface area contributed by atoms with Crippen molar-refractivity contribution in [3.8, 4) is 11.5 Å². The Balaban J connectivity index is 1.60. The van der Waals surface area contributed by atoms with Crippen LogP contribution >= 0.6 is 11.3 Å². The Bertz CT molecular complexity index is 1050. The van der Waals surface area contributed by atoms with E-state index in [1.807, 2.05) is 36.4 Å². The van der Waals surface area contributed by atoms with Crippen LogP contribution in [0.25, 0.3) is 21.7 Å². The minimum Gasteiger partial charge on any atom is -0.368 e. The van der Waals surface area contributed by atoms with Gasteiger partial charge in [-0.2, -0.15) is 0 Å². The smallest absolute Gasteiger partial charge is 0.181 e. The van der Waals surface area contributed by atoms with E-state index in [1.165, 1.54) is 10.4 Å². The third-order valence-corrected chi connectivity index (χ3v) is 5.41. The fraction of sp³-hybridized carbons (Fsp3) is 0.200. The minimum atomic E-state index is 0.643. The predicted octanol–water partition coefficient (Wildman–Crippen LogP) is 4.29. The van der Waals surface area contributed by atoms with Crippen LogP contribution in [0.3, 0.4) is 0 Å². The predicted molar refractivity (Wildman–Crippen MR) is 111 cm³/mol. The number of anilines is 2. The average Bonchev–Trinajstić information content (AvgIpc) is 3.00. The summed E-state index contributed by atoms with van der Waals surface area (Å²) in [4.78, 5) is 20.4. The van der Waals surface area contributed by atoms with Gasteiger partial charge in [0.1, 0.15) is 22.2 Å². The maximum atomic E-state index is 4.77. The summed E-state index contributed by atoms with van der Waals surface area (Å²) in [5, 5.41) is 7.85. The number of aryl methyl sites for hydroxylation is 2. The molecule has 27 heavy (non-hydrogen) atoms. The highest BCUT2D eigenvalue weighted by Gasteiger charge is 2.15. The van der Waals surface area contributed by atoms with Crippen molar-refractivity contribution in [1.29, 1.82) is 0 Å². The van der Waals surface area contributed by atoms with Crippen LogP contribution in [-0.2, 0) is 0 Å². The lowest BCUT2D eigenvalue weighted by Gasteiger charge is -2.10. The van der Waals surface area contributed by atoms with Gasteiger partial charge in [-0.15, -0.1) is 11.3 Å². The van der Waals surface area contributed by atoms with Gasteiger partial charge < -0.3 is 10.6 Å². The minimum absolute atomic E-state index is 0.643. The van der Waals surface area contributed by atoms with Gasteiger partial charge in [0.15, 0.2) is 5.82 Å². The zero-order chi connectivity index (χ0) is 18.6. The first-order valence-electron chi connectivity index (χ1n) is 8.80. The second-order valence-corrected chi connectivity index (χ2v) is 7.35. The van der Waals surface area contributed by atoms with Crippen LogP contribution < -0.4 is 10.6 Å². The average molecular weight is 376 g/mol. The highest BCUT2D eigenvalue weighted by molar-refractivity contribution is 7.18. The molecule has 4 heterocycles. The van der Waals surface area contributed by atoms with Crippen molar-refractivity contribution in [3.05, 3.63) is 59.2 Å². The SMILES string of the molecule is Cc1sc2nc(-c3ccccn3)nc(NCCNc3ccccn3)c2c1C. The van der Waals surface area contributed by atoms with Gasteiger partial charge in [-0.25, -0.2) is 15.0 Å². The van der Waals surface area contributed by atoms with Crippen LogP contribution in [0.15, 0.2) is 48.8 Å². The Morgan fingerprint density at radius 1 is 0.889 bits per heavy atom. The zero-order valence-corrected chi connectivity index (χ0v) is 16.0. The maximum Gasteiger partial charge on any atom is 0.181 e. The first-order chi connectivity index (χ1) is 13.2. The molecule has 0 aliphatic rings. The highest BCUT2D eigenvalue weighted by Crippen LogP contribution is 2.34. The van der Waals surface area contributed by atoms with E-state index in [1.54, 1.807) is 23.7 Å². The lowest BCUT2D eigenvalue weighted by molar-refractivity contribution is 1.04. The van der Waals surface area contributed by atoms with Gasteiger partial charge in [0.25, 0.3) is 0 Å². The zero-order valence-electron chi connectivity index (χ0n) is 15.2. The van der Waals surface area contributed by atoms with Crippen molar-refractivity contribution in [1.82, 2.24) is 19.9 Å². The molecule has 0 spiro atoms. The van der Waals surface area contributed by atoms with Crippen LogP contribution in [-0.4, -0.2) is 33.0 Å². The summed E-state index contributed by atoms with van der Waals surface area (Å²) in [7, 11) is 0. The first kappa shape index (κ1) is 17.4. The Hall–Kier alpha value is -3.06. The summed E-state index contributed by atoms with van der Waals surface area (Å²) in [5.74, 6) is 2.36. The summed E-state index contributed by atoms with van der Waals surface area (Å²) in [5.41, 5.74) is 2.00. The molecule has 4 aromatic heterocycles. The summed E-state index contributed by atoms with van der Waals surface area (Å²) < 4.78 is 0. The van der Waals surface area contributed by atoms with Crippen molar-refractivity contribution in [3.63, 3.8) is 0 Å². The van der Waals surface area contributed by atoms with Crippen molar-refractivity contribution in [2.75, 3.05) is 23.7 Å². The third-order valence-electron chi connectivity index (χ3n) is 4.31. The number of thiophene rings is 1.